The van der Waals surface area contributed by atoms with Crippen molar-refractivity contribution in [3.8, 4) is 0 Å². The Balaban J connectivity index is 2.04. The van der Waals surface area contributed by atoms with Crippen molar-refractivity contribution in [3.63, 3.8) is 0 Å². The fourth-order valence-corrected chi connectivity index (χ4v) is 2.30. The fraction of sp³-hybridized carbons (Fsp3) is 0.583. The standard InChI is InChI=1S/C12H19N5O2/c1-2-5-15-6-8-16(9-7-15)11-4-3-10(17(18)19)12(13)14-11/h3-4H,2,5-9H2,1H3,(H2,13,14). The summed E-state index contributed by atoms with van der Waals surface area (Å²) in [5.74, 6) is 0.706. The van der Waals surface area contributed by atoms with Gasteiger partial charge in [0.15, 0.2) is 0 Å². The zero-order valence-corrected chi connectivity index (χ0v) is 11.1. The van der Waals surface area contributed by atoms with E-state index in [1.54, 1.807) is 6.07 Å². The maximum Gasteiger partial charge on any atom is 0.311 e. The molecule has 0 aliphatic carbocycles. The first-order valence-corrected chi connectivity index (χ1v) is 6.50. The van der Waals surface area contributed by atoms with Crippen LogP contribution < -0.4 is 10.6 Å². The van der Waals surface area contributed by atoms with E-state index < -0.39 is 4.92 Å². The van der Waals surface area contributed by atoms with Crippen molar-refractivity contribution < 1.29 is 4.92 Å². The van der Waals surface area contributed by atoms with Crippen molar-refractivity contribution in [1.29, 1.82) is 0 Å². The first kappa shape index (κ1) is 13.5. The van der Waals surface area contributed by atoms with Crippen LogP contribution in [0.1, 0.15) is 13.3 Å². The van der Waals surface area contributed by atoms with E-state index in [0.29, 0.717) is 0 Å². The zero-order chi connectivity index (χ0) is 13.8. The third-order valence-electron chi connectivity index (χ3n) is 3.32. The second-order valence-electron chi connectivity index (χ2n) is 4.66. The molecule has 7 heteroatoms. The van der Waals surface area contributed by atoms with Gasteiger partial charge in [0.25, 0.3) is 0 Å². The molecule has 19 heavy (non-hydrogen) atoms. The number of hydrogen-bond acceptors (Lipinski definition) is 6. The molecule has 1 fully saturated rings. The van der Waals surface area contributed by atoms with Crippen LogP contribution in [-0.4, -0.2) is 47.5 Å². The van der Waals surface area contributed by atoms with Crippen LogP contribution in [0.25, 0.3) is 0 Å². The Morgan fingerprint density at radius 3 is 2.58 bits per heavy atom. The molecule has 0 bridgehead atoms. The van der Waals surface area contributed by atoms with Gasteiger partial charge in [0.2, 0.25) is 5.82 Å². The summed E-state index contributed by atoms with van der Waals surface area (Å²) in [4.78, 5) is 18.8. The molecule has 104 valence electrons. The molecule has 0 unspecified atom stereocenters. The number of aromatic nitrogens is 1. The molecule has 1 aliphatic rings. The summed E-state index contributed by atoms with van der Waals surface area (Å²) in [6.45, 7) is 7.03. The molecule has 2 rings (SSSR count). The Kier molecular flexibility index (Phi) is 4.16. The van der Waals surface area contributed by atoms with Crippen molar-refractivity contribution in [3.05, 3.63) is 22.2 Å². The van der Waals surface area contributed by atoms with Gasteiger partial charge in [0, 0.05) is 32.2 Å². The number of nitrogen functional groups attached to an aromatic ring is 1. The molecule has 0 radical (unpaired) electrons. The molecular formula is C12H19N5O2. The van der Waals surface area contributed by atoms with Gasteiger partial charge in [-0.15, -0.1) is 0 Å². The molecule has 1 aliphatic heterocycles. The molecule has 0 saturated carbocycles. The molecule has 2 heterocycles. The van der Waals surface area contributed by atoms with E-state index in [2.05, 4.69) is 21.7 Å². The SMILES string of the molecule is CCCN1CCN(c2ccc([N+](=O)[O-])c(N)n2)CC1. The Labute approximate surface area is 112 Å². The molecule has 7 nitrogen and oxygen atoms in total. The first-order valence-electron chi connectivity index (χ1n) is 6.50. The van der Waals surface area contributed by atoms with Crippen molar-refractivity contribution in [2.45, 2.75) is 13.3 Å². The fourth-order valence-electron chi connectivity index (χ4n) is 2.30. The second kappa shape index (κ2) is 5.83. The van der Waals surface area contributed by atoms with Gasteiger partial charge in [0.1, 0.15) is 5.82 Å². The largest absolute Gasteiger partial charge is 0.378 e. The lowest BCUT2D eigenvalue weighted by atomic mass is 10.3. The average molecular weight is 265 g/mol. The molecule has 0 spiro atoms. The van der Waals surface area contributed by atoms with Crippen LogP contribution in [0.4, 0.5) is 17.3 Å². The predicted octanol–water partition coefficient (Wildman–Crippen LogP) is 1.10. The molecule has 0 atom stereocenters. The Hall–Kier alpha value is -1.89. The van der Waals surface area contributed by atoms with Gasteiger partial charge in [-0.1, -0.05) is 6.92 Å². The van der Waals surface area contributed by atoms with Crippen molar-refractivity contribution >= 4 is 17.3 Å². The number of pyridine rings is 1. The zero-order valence-electron chi connectivity index (χ0n) is 11.1. The van der Waals surface area contributed by atoms with Crippen molar-refractivity contribution in [1.82, 2.24) is 9.88 Å². The Morgan fingerprint density at radius 1 is 1.37 bits per heavy atom. The lowest BCUT2D eigenvalue weighted by Crippen LogP contribution is -2.46. The van der Waals surface area contributed by atoms with E-state index >= 15 is 0 Å². The first-order chi connectivity index (χ1) is 9.11. The topological polar surface area (TPSA) is 88.5 Å². The highest BCUT2D eigenvalue weighted by Crippen LogP contribution is 2.23. The van der Waals surface area contributed by atoms with Crippen LogP contribution in [0, 0.1) is 10.1 Å². The minimum atomic E-state index is -0.509. The molecule has 1 aromatic heterocycles. The van der Waals surface area contributed by atoms with Gasteiger partial charge >= 0.3 is 5.69 Å². The van der Waals surface area contributed by atoms with Crippen LogP contribution in [-0.2, 0) is 0 Å². The van der Waals surface area contributed by atoms with E-state index in [1.165, 1.54) is 6.07 Å². The summed E-state index contributed by atoms with van der Waals surface area (Å²) in [5.41, 5.74) is 5.48. The number of rotatable bonds is 4. The molecule has 2 N–H and O–H groups in total. The van der Waals surface area contributed by atoms with Gasteiger partial charge in [-0.3, -0.25) is 15.0 Å². The highest BCUT2D eigenvalue weighted by atomic mass is 16.6. The van der Waals surface area contributed by atoms with Crippen molar-refractivity contribution in [2.75, 3.05) is 43.4 Å². The Morgan fingerprint density at radius 2 is 2.05 bits per heavy atom. The Bertz CT molecular complexity index is 457. The smallest absolute Gasteiger partial charge is 0.311 e. The van der Waals surface area contributed by atoms with Crippen LogP contribution in [0.15, 0.2) is 12.1 Å². The van der Waals surface area contributed by atoms with Crippen LogP contribution >= 0.6 is 0 Å². The van der Waals surface area contributed by atoms with Crippen LogP contribution in [0.2, 0.25) is 0 Å². The number of nitrogens with zero attached hydrogens (tertiary/aromatic N) is 4. The van der Waals surface area contributed by atoms with E-state index in [9.17, 15) is 10.1 Å². The number of anilines is 2. The number of piperazine rings is 1. The maximum absolute atomic E-state index is 10.7. The third kappa shape index (κ3) is 3.11. The monoisotopic (exact) mass is 265 g/mol. The maximum atomic E-state index is 10.7. The van der Waals surface area contributed by atoms with Gasteiger partial charge in [-0.2, -0.15) is 0 Å². The van der Waals surface area contributed by atoms with E-state index in [4.69, 9.17) is 5.73 Å². The van der Waals surface area contributed by atoms with Crippen LogP contribution in [0.5, 0.6) is 0 Å². The van der Waals surface area contributed by atoms with E-state index in [-0.39, 0.29) is 11.5 Å². The summed E-state index contributed by atoms with van der Waals surface area (Å²) < 4.78 is 0. The summed E-state index contributed by atoms with van der Waals surface area (Å²) >= 11 is 0. The van der Waals surface area contributed by atoms with Gasteiger partial charge in [-0.05, 0) is 19.0 Å². The molecule has 1 saturated heterocycles. The summed E-state index contributed by atoms with van der Waals surface area (Å²) in [6, 6.07) is 3.10. The second-order valence-corrected chi connectivity index (χ2v) is 4.66. The number of nitro groups is 1. The molecule has 0 aromatic carbocycles. The highest BCUT2D eigenvalue weighted by molar-refractivity contribution is 5.58. The minimum Gasteiger partial charge on any atom is -0.378 e. The predicted molar refractivity (Wildman–Crippen MR) is 74.2 cm³/mol. The quantitative estimate of drug-likeness (QED) is 0.648. The van der Waals surface area contributed by atoms with Gasteiger partial charge < -0.3 is 10.6 Å². The normalized spacial score (nSPS) is 16.6. The lowest BCUT2D eigenvalue weighted by molar-refractivity contribution is -0.384. The number of hydrogen-bond donors (Lipinski definition) is 1. The van der Waals surface area contributed by atoms with Gasteiger partial charge in [-0.25, -0.2) is 4.98 Å². The minimum absolute atomic E-state index is 0.0153. The van der Waals surface area contributed by atoms with Crippen molar-refractivity contribution in [2.24, 2.45) is 0 Å². The molecule has 0 amide bonds. The third-order valence-corrected chi connectivity index (χ3v) is 3.32. The molecule has 1 aromatic rings. The highest BCUT2D eigenvalue weighted by Gasteiger charge is 2.20. The summed E-state index contributed by atoms with van der Waals surface area (Å²) in [7, 11) is 0. The van der Waals surface area contributed by atoms with Gasteiger partial charge in [0.05, 0.1) is 4.92 Å². The average Bonchev–Trinajstić information content (AvgIpc) is 2.39. The summed E-state index contributed by atoms with van der Waals surface area (Å²) in [6.07, 6.45) is 1.16. The van der Waals surface area contributed by atoms with E-state index in [0.717, 1.165) is 45.0 Å². The van der Waals surface area contributed by atoms with Crippen LogP contribution in [0.3, 0.4) is 0 Å². The number of nitrogens with two attached hydrogens (primary N) is 1. The molecular weight excluding hydrogens is 246 g/mol. The van der Waals surface area contributed by atoms with E-state index in [1.807, 2.05) is 0 Å². The lowest BCUT2D eigenvalue weighted by Gasteiger charge is -2.35. The summed E-state index contributed by atoms with van der Waals surface area (Å²) in [5, 5.41) is 10.7.